The van der Waals surface area contributed by atoms with E-state index in [2.05, 4.69) is 32.5 Å². The Labute approximate surface area is 97.5 Å². The van der Waals surface area contributed by atoms with Gasteiger partial charge in [-0.15, -0.1) is 0 Å². The lowest BCUT2D eigenvalue weighted by atomic mass is 9.98. The summed E-state index contributed by atoms with van der Waals surface area (Å²) in [5.41, 5.74) is 0. The second kappa shape index (κ2) is 4.38. The Hall–Kier alpha value is -1.16. The van der Waals surface area contributed by atoms with Crippen LogP contribution in [-0.2, 0) is 0 Å². The first kappa shape index (κ1) is 11.3. The molecular weight excluding hydrogens is 201 g/mol. The molecule has 0 radical (unpaired) electrons. The van der Waals surface area contributed by atoms with Crippen LogP contribution in [0.3, 0.4) is 0 Å². The summed E-state index contributed by atoms with van der Waals surface area (Å²) in [6.07, 6.45) is 0. The molecule has 0 saturated heterocycles. The Morgan fingerprint density at radius 2 is 1.38 bits per heavy atom. The molecule has 0 fully saturated rings. The molecule has 1 aromatic rings. The van der Waals surface area contributed by atoms with Crippen molar-refractivity contribution in [3.63, 3.8) is 0 Å². The predicted octanol–water partition coefficient (Wildman–Crippen LogP) is 2.56. The molecule has 3 nitrogen and oxygen atoms in total. The maximum atomic E-state index is 5.80. The van der Waals surface area contributed by atoms with E-state index in [1.807, 2.05) is 24.3 Å². The number of fused-ring (bicyclic) bond motifs is 1. The van der Waals surface area contributed by atoms with Gasteiger partial charge in [-0.3, -0.25) is 4.81 Å². The molecule has 0 unspecified atom stereocenters. The van der Waals surface area contributed by atoms with E-state index in [0.717, 1.165) is 11.5 Å². The maximum absolute atomic E-state index is 5.80. The van der Waals surface area contributed by atoms with Gasteiger partial charge >= 0.3 is 7.25 Å². The first-order valence-electron chi connectivity index (χ1n) is 5.79. The minimum Gasteiger partial charge on any atom is -0.509 e. The van der Waals surface area contributed by atoms with E-state index in [9.17, 15) is 0 Å². The number of hydrogen-bond acceptors (Lipinski definition) is 3. The van der Waals surface area contributed by atoms with Crippen LogP contribution in [0.4, 0.5) is 0 Å². The van der Waals surface area contributed by atoms with Crippen molar-refractivity contribution in [2.75, 3.05) is 0 Å². The lowest BCUT2D eigenvalue weighted by Crippen LogP contribution is -2.53. The Bertz CT molecular complexity index is 335. The Kier molecular flexibility index (Phi) is 3.10. The second-order valence-electron chi connectivity index (χ2n) is 4.62. The van der Waals surface area contributed by atoms with Crippen molar-refractivity contribution in [1.29, 1.82) is 0 Å². The van der Waals surface area contributed by atoms with E-state index in [-0.39, 0.29) is 7.25 Å². The fourth-order valence-electron chi connectivity index (χ4n) is 2.09. The minimum atomic E-state index is -0.294. The molecule has 0 aromatic heterocycles. The van der Waals surface area contributed by atoms with Crippen LogP contribution < -0.4 is 9.31 Å². The number of nitrogens with zero attached hydrogens (tertiary/aromatic N) is 1. The third kappa shape index (κ3) is 2.02. The van der Waals surface area contributed by atoms with Crippen molar-refractivity contribution in [3.05, 3.63) is 24.3 Å². The Morgan fingerprint density at radius 1 is 0.938 bits per heavy atom. The van der Waals surface area contributed by atoms with Crippen LogP contribution >= 0.6 is 0 Å². The summed E-state index contributed by atoms with van der Waals surface area (Å²) in [5.74, 6) is 1.66. The average molecular weight is 219 g/mol. The molecular formula is C12H18BNO2. The van der Waals surface area contributed by atoms with E-state index in [0.29, 0.717) is 12.1 Å². The van der Waals surface area contributed by atoms with Gasteiger partial charge in [0.2, 0.25) is 0 Å². The largest absolute Gasteiger partial charge is 0.701 e. The molecule has 16 heavy (non-hydrogen) atoms. The van der Waals surface area contributed by atoms with Gasteiger partial charge in [0, 0.05) is 12.1 Å². The zero-order chi connectivity index (χ0) is 11.7. The molecule has 0 atom stereocenters. The highest BCUT2D eigenvalue weighted by atomic mass is 16.6. The fourth-order valence-corrected chi connectivity index (χ4v) is 2.09. The number of rotatable bonds is 3. The highest BCUT2D eigenvalue weighted by Crippen LogP contribution is 2.34. The van der Waals surface area contributed by atoms with Gasteiger partial charge in [0.1, 0.15) is 11.5 Å². The zero-order valence-electron chi connectivity index (χ0n) is 10.3. The quantitative estimate of drug-likeness (QED) is 0.729. The monoisotopic (exact) mass is 219 g/mol. The molecule has 4 heteroatoms. The summed E-state index contributed by atoms with van der Waals surface area (Å²) in [6, 6.07) is 8.57. The number of benzene rings is 1. The van der Waals surface area contributed by atoms with Gasteiger partial charge in [-0.2, -0.15) is 0 Å². The lowest BCUT2D eigenvalue weighted by molar-refractivity contribution is 0.235. The molecule has 0 saturated carbocycles. The summed E-state index contributed by atoms with van der Waals surface area (Å²) >= 11 is 0. The molecule has 1 aliphatic rings. The Balaban J connectivity index is 2.15. The van der Waals surface area contributed by atoms with Crippen LogP contribution in [0, 0.1) is 0 Å². The molecule has 1 heterocycles. The smallest absolute Gasteiger partial charge is 0.509 e. The van der Waals surface area contributed by atoms with Crippen molar-refractivity contribution in [2.24, 2.45) is 0 Å². The first-order valence-corrected chi connectivity index (χ1v) is 5.79. The normalized spacial score (nSPS) is 14.3. The summed E-state index contributed by atoms with van der Waals surface area (Å²) in [6.45, 7) is 8.59. The van der Waals surface area contributed by atoms with Crippen molar-refractivity contribution in [1.82, 2.24) is 4.81 Å². The van der Waals surface area contributed by atoms with Gasteiger partial charge in [-0.05, 0) is 12.1 Å². The van der Waals surface area contributed by atoms with Crippen LogP contribution in [0.25, 0.3) is 0 Å². The van der Waals surface area contributed by atoms with Crippen molar-refractivity contribution >= 4 is 7.25 Å². The van der Waals surface area contributed by atoms with Crippen LogP contribution in [0.15, 0.2) is 24.3 Å². The van der Waals surface area contributed by atoms with Crippen LogP contribution in [-0.4, -0.2) is 24.1 Å². The Morgan fingerprint density at radius 3 is 1.75 bits per heavy atom. The number of para-hydroxylation sites is 2. The third-order valence-corrected chi connectivity index (χ3v) is 2.74. The predicted molar refractivity (Wildman–Crippen MR) is 65.6 cm³/mol. The van der Waals surface area contributed by atoms with Crippen LogP contribution in [0.1, 0.15) is 27.7 Å². The molecule has 0 amide bonds. The van der Waals surface area contributed by atoms with Gasteiger partial charge in [-0.25, -0.2) is 0 Å². The zero-order valence-corrected chi connectivity index (χ0v) is 10.3. The van der Waals surface area contributed by atoms with Gasteiger partial charge in [-0.1, -0.05) is 39.8 Å². The van der Waals surface area contributed by atoms with Crippen molar-refractivity contribution in [2.45, 2.75) is 39.8 Å². The molecule has 86 valence electrons. The molecule has 0 aliphatic carbocycles. The molecule has 0 spiro atoms. The number of hydrogen-bond donors (Lipinski definition) is 0. The molecule has 1 aliphatic heterocycles. The van der Waals surface area contributed by atoms with E-state index < -0.39 is 0 Å². The van der Waals surface area contributed by atoms with Gasteiger partial charge in [0.15, 0.2) is 0 Å². The fraction of sp³-hybridized carbons (Fsp3) is 0.500. The standard InChI is InChI=1S/C12H18BNO2/c1-9(2)14(10(3)4)13-15-11-7-5-6-8-12(11)16-13/h5-10H,1-4H3. The van der Waals surface area contributed by atoms with Gasteiger partial charge in [0.25, 0.3) is 0 Å². The summed E-state index contributed by atoms with van der Waals surface area (Å²) in [4.78, 5) is 2.21. The topological polar surface area (TPSA) is 21.7 Å². The summed E-state index contributed by atoms with van der Waals surface area (Å²) in [5, 5.41) is 0. The van der Waals surface area contributed by atoms with Crippen molar-refractivity contribution < 1.29 is 9.31 Å². The maximum Gasteiger partial charge on any atom is 0.701 e. The highest BCUT2D eigenvalue weighted by Gasteiger charge is 2.41. The SMILES string of the molecule is CC(C)N(B1Oc2ccccc2O1)C(C)C. The minimum absolute atomic E-state index is 0.294. The third-order valence-electron chi connectivity index (χ3n) is 2.74. The van der Waals surface area contributed by atoms with E-state index in [1.165, 1.54) is 0 Å². The van der Waals surface area contributed by atoms with Crippen molar-refractivity contribution in [3.8, 4) is 11.5 Å². The van der Waals surface area contributed by atoms with Crippen LogP contribution in [0.5, 0.6) is 11.5 Å². The highest BCUT2D eigenvalue weighted by molar-refractivity contribution is 6.44. The average Bonchev–Trinajstić information content (AvgIpc) is 2.58. The first-order chi connectivity index (χ1) is 7.59. The van der Waals surface area contributed by atoms with E-state index in [4.69, 9.17) is 9.31 Å². The lowest BCUT2D eigenvalue weighted by Gasteiger charge is -2.30. The summed E-state index contributed by atoms with van der Waals surface area (Å²) < 4.78 is 11.6. The van der Waals surface area contributed by atoms with Crippen LogP contribution in [0.2, 0.25) is 0 Å². The van der Waals surface area contributed by atoms with Gasteiger partial charge in [0.05, 0.1) is 0 Å². The molecule has 0 N–H and O–H groups in total. The molecule has 0 bridgehead atoms. The van der Waals surface area contributed by atoms with Gasteiger partial charge < -0.3 is 9.31 Å². The van der Waals surface area contributed by atoms with E-state index >= 15 is 0 Å². The van der Waals surface area contributed by atoms with E-state index in [1.54, 1.807) is 0 Å². The molecule has 2 rings (SSSR count). The summed E-state index contributed by atoms with van der Waals surface area (Å²) in [7, 11) is -0.294. The second-order valence-corrected chi connectivity index (χ2v) is 4.62. The molecule has 1 aromatic carbocycles.